The van der Waals surface area contributed by atoms with Crippen LogP contribution in [0, 0.1) is 0 Å². The Balaban J connectivity index is 2.65. The molecule has 1 N–H and O–H groups in total. The lowest BCUT2D eigenvalue weighted by molar-refractivity contribution is -0.142. The maximum Gasteiger partial charge on any atom is 0.408 e. The minimum Gasteiger partial charge on any atom is -0.310 e. The summed E-state index contributed by atoms with van der Waals surface area (Å²) in [6.45, 7) is 3.86. The van der Waals surface area contributed by atoms with Gasteiger partial charge < -0.3 is 5.32 Å². The fourth-order valence-electron chi connectivity index (χ4n) is 1.65. The van der Waals surface area contributed by atoms with Gasteiger partial charge in [0.05, 0.1) is 6.20 Å². The van der Waals surface area contributed by atoms with E-state index in [4.69, 9.17) is 0 Å². The van der Waals surface area contributed by atoms with Crippen LogP contribution in [0.2, 0.25) is 0 Å². The van der Waals surface area contributed by atoms with Crippen molar-refractivity contribution in [2.75, 3.05) is 6.54 Å². The van der Waals surface area contributed by atoms with E-state index < -0.39 is 12.7 Å². The van der Waals surface area contributed by atoms with E-state index >= 15 is 0 Å². The van der Waals surface area contributed by atoms with Crippen LogP contribution in [0.3, 0.4) is 0 Å². The minimum absolute atomic E-state index is 0.0805. The Kier molecular flexibility index (Phi) is 4.99. The van der Waals surface area contributed by atoms with Gasteiger partial charge in [0.25, 0.3) is 0 Å². The number of rotatable bonds is 6. The first-order valence-corrected chi connectivity index (χ1v) is 5.78. The van der Waals surface area contributed by atoms with Gasteiger partial charge in [-0.3, -0.25) is 4.68 Å². The zero-order valence-electron chi connectivity index (χ0n) is 10.1. The van der Waals surface area contributed by atoms with Crippen molar-refractivity contribution in [3.8, 4) is 0 Å². The van der Waals surface area contributed by atoms with Crippen molar-refractivity contribution in [3.63, 3.8) is 0 Å². The molecule has 1 unspecified atom stereocenters. The molecule has 0 aliphatic heterocycles. The van der Waals surface area contributed by atoms with Crippen molar-refractivity contribution in [2.24, 2.45) is 0 Å². The first-order chi connectivity index (χ1) is 7.96. The highest BCUT2D eigenvalue weighted by atomic mass is 19.4. The predicted octanol–water partition coefficient (Wildman–Crippen LogP) is 2.90. The van der Waals surface area contributed by atoms with Crippen molar-refractivity contribution in [1.82, 2.24) is 15.1 Å². The Hall–Kier alpha value is -1.04. The summed E-state index contributed by atoms with van der Waals surface area (Å²) in [6, 6.07) is 0.0805. The van der Waals surface area contributed by atoms with E-state index in [1.165, 1.54) is 12.4 Å². The Morgan fingerprint density at radius 2 is 2.12 bits per heavy atom. The lowest BCUT2D eigenvalue weighted by atomic mass is 10.1. The number of nitrogens with zero attached hydrogens (tertiary/aromatic N) is 2. The molecule has 98 valence electrons. The van der Waals surface area contributed by atoms with Crippen LogP contribution in [0.4, 0.5) is 13.2 Å². The minimum atomic E-state index is -4.22. The van der Waals surface area contributed by atoms with Gasteiger partial charge in [-0.05, 0) is 19.4 Å². The molecule has 17 heavy (non-hydrogen) atoms. The Labute approximate surface area is 99.0 Å². The summed E-state index contributed by atoms with van der Waals surface area (Å²) < 4.78 is 37.4. The topological polar surface area (TPSA) is 29.9 Å². The van der Waals surface area contributed by atoms with Gasteiger partial charge in [-0.1, -0.05) is 13.8 Å². The van der Waals surface area contributed by atoms with E-state index in [0.717, 1.165) is 29.6 Å². The molecule has 1 aromatic rings. The number of aromatic nitrogens is 2. The van der Waals surface area contributed by atoms with Crippen molar-refractivity contribution in [1.29, 1.82) is 0 Å². The molecule has 1 rings (SSSR count). The molecule has 0 amide bonds. The van der Waals surface area contributed by atoms with Gasteiger partial charge in [0.2, 0.25) is 0 Å². The first kappa shape index (κ1) is 14.0. The summed E-state index contributed by atoms with van der Waals surface area (Å²) in [5.41, 5.74) is 0.810. The second-order valence-electron chi connectivity index (χ2n) is 4.00. The maximum atomic E-state index is 12.2. The summed E-state index contributed by atoms with van der Waals surface area (Å²) in [5.74, 6) is 0. The van der Waals surface area contributed by atoms with Gasteiger partial charge in [-0.25, -0.2) is 0 Å². The molecule has 0 saturated carbocycles. The molecule has 0 spiro atoms. The monoisotopic (exact) mass is 249 g/mol. The smallest absolute Gasteiger partial charge is 0.310 e. The van der Waals surface area contributed by atoms with Crippen molar-refractivity contribution >= 4 is 0 Å². The Bertz CT molecular complexity index is 333. The molecule has 6 heteroatoms. The predicted molar refractivity (Wildman–Crippen MR) is 59.6 cm³/mol. The fourth-order valence-corrected chi connectivity index (χ4v) is 1.65. The molecular weight excluding hydrogens is 231 g/mol. The maximum absolute atomic E-state index is 12.2. The van der Waals surface area contributed by atoms with Gasteiger partial charge in [-0.2, -0.15) is 18.3 Å². The van der Waals surface area contributed by atoms with Crippen molar-refractivity contribution < 1.29 is 13.2 Å². The lowest BCUT2D eigenvalue weighted by Gasteiger charge is -2.14. The molecule has 0 aromatic carbocycles. The standard InChI is InChI=1S/C11H18F3N3/c1-3-5-15-10(4-2)9-6-16-17(7-9)8-11(12,13)14/h6-7,10,15H,3-5,8H2,1-2H3. The third-order valence-corrected chi connectivity index (χ3v) is 2.45. The third-order valence-electron chi connectivity index (χ3n) is 2.45. The van der Waals surface area contributed by atoms with Crippen LogP contribution in [0.15, 0.2) is 12.4 Å². The van der Waals surface area contributed by atoms with Crippen molar-refractivity contribution in [2.45, 2.75) is 45.5 Å². The van der Waals surface area contributed by atoms with E-state index in [-0.39, 0.29) is 6.04 Å². The van der Waals surface area contributed by atoms with E-state index in [9.17, 15) is 13.2 Å². The zero-order chi connectivity index (χ0) is 12.9. The van der Waals surface area contributed by atoms with Gasteiger partial charge in [0.1, 0.15) is 6.54 Å². The normalized spacial score (nSPS) is 13.9. The Morgan fingerprint density at radius 1 is 1.41 bits per heavy atom. The van der Waals surface area contributed by atoms with E-state index in [1.807, 2.05) is 13.8 Å². The average Bonchev–Trinajstić information content (AvgIpc) is 2.65. The zero-order valence-corrected chi connectivity index (χ0v) is 10.1. The number of nitrogens with one attached hydrogen (secondary N) is 1. The summed E-state index contributed by atoms with van der Waals surface area (Å²) >= 11 is 0. The summed E-state index contributed by atoms with van der Waals surface area (Å²) in [4.78, 5) is 0. The van der Waals surface area contributed by atoms with Gasteiger partial charge in [0.15, 0.2) is 0 Å². The van der Waals surface area contributed by atoms with Gasteiger partial charge >= 0.3 is 6.18 Å². The summed E-state index contributed by atoms with van der Waals surface area (Å²) in [6.07, 6.45) is 0.569. The molecule has 1 atom stereocenters. The lowest BCUT2D eigenvalue weighted by Crippen LogP contribution is -2.21. The highest BCUT2D eigenvalue weighted by Crippen LogP contribution is 2.20. The Morgan fingerprint density at radius 3 is 2.65 bits per heavy atom. The van der Waals surface area contributed by atoms with Crippen LogP contribution < -0.4 is 5.32 Å². The van der Waals surface area contributed by atoms with E-state index in [0.29, 0.717) is 0 Å². The van der Waals surface area contributed by atoms with Gasteiger partial charge in [-0.15, -0.1) is 0 Å². The molecule has 0 aliphatic rings. The average molecular weight is 249 g/mol. The summed E-state index contributed by atoms with van der Waals surface area (Å²) in [5, 5.41) is 7.01. The van der Waals surface area contributed by atoms with Crippen LogP contribution in [-0.4, -0.2) is 22.5 Å². The molecular formula is C11H18F3N3. The van der Waals surface area contributed by atoms with Crippen LogP contribution >= 0.6 is 0 Å². The molecule has 1 aromatic heterocycles. The van der Waals surface area contributed by atoms with Crippen molar-refractivity contribution in [3.05, 3.63) is 18.0 Å². The molecule has 0 fully saturated rings. The number of halogens is 3. The largest absolute Gasteiger partial charge is 0.408 e. The van der Waals surface area contributed by atoms with Crippen LogP contribution in [-0.2, 0) is 6.54 Å². The second kappa shape index (κ2) is 6.05. The number of hydrogen-bond acceptors (Lipinski definition) is 2. The third kappa shape index (κ3) is 4.77. The molecule has 3 nitrogen and oxygen atoms in total. The molecule has 1 heterocycles. The van der Waals surface area contributed by atoms with Crippen LogP contribution in [0.1, 0.15) is 38.3 Å². The molecule has 0 saturated heterocycles. The van der Waals surface area contributed by atoms with E-state index in [1.54, 1.807) is 0 Å². The first-order valence-electron chi connectivity index (χ1n) is 5.78. The quantitative estimate of drug-likeness (QED) is 0.840. The number of hydrogen-bond donors (Lipinski definition) is 1. The highest BCUT2D eigenvalue weighted by Gasteiger charge is 2.28. The van der Waals surface area contributed by atoms with Crippen LogP contribution in [0.25, 0.3) is 0 Å². The fraction of sp³-hybridized carbons (Fsp3) is 0.727. The van der Waals surface area contributed by atoms with E-state index in [2.05, 4.69) is 10.4 Å². The van der Waals surface area contributed by atoms with Gasteiger partial charge in [0, 0.05) is 17.8 Å². The number of alkyl halides is 3. The molecule has 0 aliphatic carbocycles. The molecule has 0 bridgehead atoms. The SMILES string of the molecule is CCCNC(CC)c1cnn(CC(F)(F)F)c1. The second-order valence-corrected chi connectivity index (χ2v) is 4.00. The molecule has 0 radical (unpaired) electrons. The summed E-state index contributed by atoms with van der Waals surface area (Å²) in [7, 11) is 0. The van der Waals surface area contributed by atoms with Crippen LogP contribution in [0.5, 0.6) is 0 Å². The highest BCUT2D eigenvalue weighted by molar-refractivity contribution is 5.10.